The Bertz CT molecular complexity index is 341. The van der Waals surface area contributed by atoms with Crippen LogP contribution in [0.1, 0.15) is 12.0 Å². The van der Waals surface area contributed by atoms with Crippen LogP contribution in [0.3, 0.4) is 0 Å². The average Bonchev–Trinajstić information content (AvgIpc) is 2.15. The fourth-order valence-electron chi connectivity index (χ4n) is 1.33. The van der Waals surface area contributed by atoms with Gasteiger partial charge in [0.1, 0.15) is 0 Å². The van der Waals surface area contributed by atoms with Crippen LogP contribution in [0.5, 0.6) is 0 Å². The molecule has 0 aliphatic carbocycles. The van der Waals surface area contributed by atoms with Gasteiger partial charge in [-0.25, -0.2) is 0 Å². The normalized spacial score (nSPS) is 10.6. The molecule has 1 rings (SSSR count). The minimum Gasteiger partial charge on any atom is -0.370 e. The molecule has 1 amide bonds. The number of carbonyl (C=O) groups excluding carboxylic acids is 1. The zero-order valence-corrected chi connectivity index (χ0v) is 10.3. The van der Waals surface area contributed by atoms with E-state index in [1.165, 1.54) is 5.56 Å². The van der Waals surface area contributed by atoms with Gasteiger partial charge in [0, 0.05) is 24.0 Å². The van der Waals surface area contributed by atoms with Gasteiger partial charge in [0.05, 0.1) is 0 Å². The Kier molecular flexibility index (Phi) is 4.78. The fraction of sp³-hybridized carbons (Fsp3) is 0.364. The van der Waals surface area contributed by atoms with E-state index < -0.39 is 0 Å². The molecule has 0 spiro atoms. The molecule has 0 saturated heterocycles. The SMILES string of the molecule is CN(CCC(N)=O)Cc1cccc(Br)c1. The van der Waals surface area contributed by atoms with Crippen molar-refractivity contribution in [1.29, 1.82) is 0 Å². The summed E-state index contributed by atoms with van der Waals surface area (Å²) < 4.78 is 1.07. The number of carbonyl (C=O) groups is 1. The van der Waals surface area contributed by atoms with Crippen LogP contribution in [0, 0.1) is 0 Å². The highest BCUT2D eigenvalue weighted by molar-refractivity contribution is 9.10. The van der Waals surface area contributed by atoms with E-state index in [-0.39, 0.29) is 5.91 Å². The van der Waals surface area contributed by atoms with E-state index in [0.29, 0.717) is 13.0 Å². The first kappa shape index (κ1) is 12.2. The summed E-state index contributed by atoms with van der Waals surface area (Å²) in [5, 5.41) is 0. The number of hydrogen-bond acceptors (Lipinski definition) is 2. The van der Waals surface area contributed by atoms with Gasteiger partial charge in [-0.1, -0.05) is 28.1 Å². The summed E-state index contributed by atoms with van der Waals surface area (Å²) >= 11 is 3.42. The van der Waals surface area contributed by atoms with Crippen LogP contribution in [-0.2, 0) is 11.3 Å². The molecule has 0 radical (unpaired) electrons. The van der Waals surface area contributed by atoms with E-state index in [9.17, 15) is 4.79 Å². The van der Waals surface area contributed by atoms with Crippen LogP contribution in [0.15, 0.2) is 28.7 Å². The van der Waals surface area contributed by atoms with Gasteiger partial charge < -0.3 is 10.6 Å². The van der Waals surface area contributed by atoms with Gasteiger partial charge >= 0.3 is 0 Å². The third kappa shape index (κ3) is 4.95. The number of amides is 1. The highest BCUT2D eigenvalue weighted by Crippen LogP contribution is 2.12. The van der Waals surface area contributed by atoms with Gasteiger partial charge in [-0.3, -0.25) is 4.79 Å². The maximum Gasteiger partial charge on any atom is 0.218 e. The summed E-state index contributed by atoms with van der Waals surface area (Å²) in [5.74, 6) is -0.254. The highest BCUT2D eigenvalue weighted by atomic mass is 79.9. The number of halogens is 1. The lowest BCUT2D eigenvalue weighted by Gasteiger charge is -2.15. The van der Waals surface area contributed by atoms with E-state index >= 15 is 0 Å². The largest absolute Gasteiger partial charge is 0.370 e. The second kappa shape index (κ2) is 5.88. The molecule has 4 heteroatoms. The van der Waals surface area contributed by atoms with Crippen molar-refractivity contribution in [2.45, 2.75) is 13.0 Å². The molecule has 3 nitrogen and oxygen atoms in total. The maximum absolute atomic E-state index is 10.6. The van der Waals surface area contributed by atoms with E-state index in [2.05, 4.69) is 33.0 Å². The summed E-state index contributed by atoms with van der Waals surface area (Å²) in [4.78, 5) is 12.7. The summed E-state index contributed by atoms with van der Waals surface area (Å²) in [6.07, 6.45) is 0.407. The molecule has 0 atom stereocenters. The molecular formula is C11H15BrN2O. The number of primary amides is 1. The number of nitrogens with two attached hydrogens (primary N) is 1. The van der Waals surface area contributed by atoms with E-state index in [0.717, 1.165) is 11.0 Å². The lowest BCUT2D eigenvalue weighted by molar-refractivity contribution is -0.118. The second-order valence-electron chi connectivity index (χ2n) is 3.58. The second-order valence-corrected chi connectivity index (χ2v) is 4.50. The predicted molar refractivity (Wildman–Crippen MR) is 64.3 cm³/mol. The first-order valence-corrected chi connectivity index (χ1v) is 5.58. The Morgan fingerprint density at radius 2 is 2.27 bits per heavy atom. The topological polar surface area (TPSA) is 46.3 Å². The van der Waals surface area contributed by atoms with Crippen LogP contribution in [0.25, 0.3) is 0 Å². The summed E-state index contributed by atoms with van der Waals surface area (Å²) in [5.41, 5.74) is 6.30. The third-order valence-electron chi connectivity index (χ3n) is 2.08. The van der Waals surface area contributed by atoms with Crippen LogP contribution < -0.4 is 5.73 Å². The van der Waals surface area contributed by atoms with Crippen molar-refractivity contribution in [3.63, 3.8) is 0 Å². The molecule has 0 bridgehead atoms. The average molecular weight is 271 g/mol. The Morgan fingerprint density at radius 1 is 1.53 bits per heavy atom. The summed E-state index contributed by atoms with van der Waals surface area (Å²) in [7, 11) is 1.98. The van der Waals surface area contributed by atoms with Crippen molar-refractivity contribution in [2.24, 2.45) is 5.73 Å². The molecule has 0 aromatic heterocycles. The molecule has 2 N–H and O–H groups in total. The standard InChI is InChI=1S/C11H15BrN2O/c1-14(6-5-11(13)15)8-9-3-2-4-10(12)7-9/h2-4,7H,5-6,8H2,1H3,(H2,13,15). The molecule has 0 unspecified atom stereocenters. The van der Waals surface area contributed by atoms with Gasteiger partial charge in [0.2, 0.25) is 5.91 Å². The molecule has 1 aromatic carbocycles. The predicted octanol–water partition coefficient (Wildman–Crippen LogP) is 1.76. The zero-order chi connectivity index (χ0) is 11.3. The summed E-state index contributed by atoms with van der Waals surface area (Å²) in [6, 6.07) is 8.13. The molecule has 0 fully saturated rings. The molecule has 1 aromatic rings. The van der Waals surface area contributed by atoms with Crippen molar-refractivity contribution in [1.82, 2.24) is 4.90 Å². The molecule has 0 heterocycles. The van der Waals surface area contributed by atoms with Crippen LogP contribution >= 0.6 is 15.9 Å². The summed E-state index contributed by atoms with van der Waals surface area (Å²) in [6.45, 7) is 1.52. The van der Waals surface area contributed by atoms with Crippen LogP contribution in [-0.4, -0.2) is 24.4 Å². The van der Waals surface area contributed by atoms with Gasteiger partial charge in [-0.15, -0.1) is 0 Å². The number of benzene rings is 1. The highest BCUT2D eigenvalue weighted by Gasteiger charge is 2.02. The zero-order valence-electron chi connectivity index (χ0n) is 8.74. The lowest BCUT2D eigenvalue weighted by Crippen LogP contribution is -2.24. The lowest BCUT2D eigenvalue weighted by atomic mass is 10.2. The Morgan fingerprint density at radius 3 is 2.87 bits per heavy atom. The molecule has 0 aliphatic heterocycles. The Hall–Kier alpha value is -0.870. The van der Waals surface area contributed by atoms with Gasteiger partial charge in [-0.05, 0) is 24.7 Å². The van der Waals surface area contributed by atoms with Crippen molar-refractivity contribution in [3.8, 4) is 0 Å². The minimum atomic E-state index is -0.254. The smallest absolute Gasteiger partial charge is 0.218 e. The minimum absolute atomic E-state index is 0.254. The molecule has 0 aliphatic rings. The van der Waals surface area contributed by atoms with Crippen LogP contribution in [0.2, 0.25) is 0 Å². The fourth-order valence-corrected chi connectivity index (χ4v) is 1.77. The van der Waals surface area contributed by atoms with E-state index in [1.807, 2.05) is 19.2 Å². The van der Waals surface area contributed by atoms with Gasteiger partial charge in [-0.2, -0.15) is 0 Å². The maximum atomic E-state index is 10.6. The molecule has 15 heavy (non-hydrogen) atoms. The third-order valence-corrected chi connectivity index (χ3v) is 2.57. The van der Waals surface area contributed by atoms with Crippen LogP contribution in [0.4, 0.5) is 0 Å². The first-order valence-electron chi connectivity index (χ1n) is 4.79. The number of rotatable bonds is 5. The Labute approximate surface area is 98.4 Å². The molecular weight excluding hydrogens is 256 g/mol. The number of nitrogens with zero attached hydrogens (tertiary/aromatic N) is 1. The van der Waals surface area contributed by atoms with Crippen molar-refractivity contribution >= 4 is 21.8 Å². The van der Waals surface area contributed by atoms with E-state index in [4.69, 9.17) is 5.73 Å². The van der Waals surface area contributed by atoms with Crippen molar-refractivity contribution in [3.05, 3.63) is 34.3 Å². The molecule has 0 saturated carbocycles. The van der Waals surface area contributed by atoms with E-state index in [1.54, 1.807) is 0 Å². The van der Waals surface area contributed by atoms with Gasteiger partial charge in [0.25, 0.3) is 0 Å². The van der Waals surface area contributed by atoms with Crippen molar-refractivity contribution < 1.29 is 4.79 Å². The van der Waals surface area contributed by atoms with Crippen molar-refractivity contribution in [2.75, 3.05) is 13.6 Å². The van der Waals surface area contributed by atoms with Gasteiger partial charge in [0.15, 0.2) is 0 Å². The first-order chi connectivity index (χ1) is 7.08. The monoisotopic (exact) mass is 270 g/mol. The Balaban J connectivity index is 2.44. The number of hydrogen-bond donors (Lipinski definition) is 1. The quantitative estimate of drug-likeness (QED) is 0.887. The molecule has 82 valence electrons.